The quantitative estimate of drug-likeness (QED) is 0.337. The highest BCUT2D eigenvalue weighted by Crippen LogP contribution is 2.59. The summed E-state index contributed by atoms with van der Waals surface area (Å²) in [5.74, 6) is 0. The largest absolute Gasteiger partial charge is 0.0773 e. The van der Waals surface area contributed by atoms with Crippen molar-refractivity contribution in [1.29, 1.82) is 0 Å². The summed E-state index contributed by atoms with van der Waals surface area (Å²) in [5, 5.41) is 4.59. The molecule has 0 radical (unpaired) electrons. The molecule has 1 heteroatoms. The lowest BCUT2D eigenvalue weighted by Gasteiger charge is -2.11. The molecule has 0 spiro atoms. The van der Waals surface area contributed by atoms with E-state index >= 15 is 0 Å². The van der Waals surface area contributed by atoms with Crippen LogP contribution in [0.3, 0.4) is 0 Å². The minimum Gasteiger partial charge on any atom is -0.0773 e. The van der Waals surface area contributed by atoms with Crippen molar-refractivity contribution < 1.29 is 0 Å². The van der Waals surface area contributed by atoms with E-state index < -0.39 is 7.53 Å². The van der Waals surface area contributed by atoms with Gasteiger partial charge in [-0.1, -0.05) is 105 Å². The third-order valence-electron chi connectivity index (χ3n) is 5.57. The first-order chi connectivity index (χ1) is 13.9. The summed E-state index contributed by atoms with van der Waals surface area (Å²) in [5.41, 5.74) is 5.90. The van der Waals surface area contributed by atoms with E-state index in [-0.39, 0.29) is 0 Å². The second-order valence-corrected chi connectivity index (χ2v) is 9.44. The molecule has 1 aliphatic rings. The van der Waals surface area contributed by atoms with Crippen molar-refractivity contribution in [2.24, 2.45) is 0 Å². The monoisotopic (exact) mass is 378 g/mol. The first kappa shape index (κ1) is 17.3. The smallest absolute Gasteiger partial charge is 0.00969 e. The molecule has 4 aromatic rings. The summed E-state index contributed by atoms with van der Waals surface area (Å²) in [7, 11) is -0.500. The number of hydrogen-bond donors (Lipinski definition) is 0. The Morgan fingerprint density at radius 3 is 1.93 bits per heavy atom. The molecule has 0 saturated heterocycles. The predicted octanol–water partition coefficient (Wildman–Crippen LogP) is 7.99. The molecular weight excluding hydrogens is 355 g/mol. The van der Waals surface area contributed by atoms with Crippen molar-refractivity contribution in [1.82, 2.24) is 0 Å². The highest BCUT2D eigenvalue weighted by molar-refractivity contribution is 7.61. The van der Waals surface area contributed by atoms with Crippen LogP contribution in [0.2, 0.25) is 0 Å². The fourth-order valence-corrected chi connectivity index (χ4v) is 7.25. The van der Waals surface area contributed by atoms with Crippen molar-refractivity contribution in [2.45, 2.75) is 19.3 Å². The Balaban J connectivity index is 1.75. The average Bonchev–Trinajstić information content (AvgIpc) is 3.35. The molecule has 1 aromatic heterocycles. The maximum absolute atomic E-state index is 2.41. The third kappa shape index (κ3) is 3.15. The fraction of sp³-hybridized carbons (Fsp3) is 0.111. The number of benzene rings is 3. The molecule has 1 atom stereocenters. The molecule has 0 aliphatic heterocycles. The van der Waals surface area contributed by atoms with E-state index in [0.29, 0.717) is 0 Å². The van der Waals surface area contributed by atoms with Crippen LogP contribution < -0.4 is 0 Å². The van der Waals surface area contributed by atoms with Crippen LogP contribution in [-0.4, -0.2) is 0 Å². The SMILES string of the molecule is C(=C\c1c2c(c(-c3ccccc3)p1-c1ccccc1)CCC2)/c1ccccc1. The zero-order valence-corrected chi connectivity index (χ0v) is 16.8. The molecular formula is C27H23P. The van der Waals surface area contributed by atoms with E-state index in [1.54, 1.807) is 21.7 Å². The average molecular weight is 378 g/mol. The van der Waals surface area contributed by atoms with Crippen molar-refractivity contribution in [3.05, 3.63) is 113 Å². The van der Waals surface area contributed by atoms with E-state index in [0.717, 1.165) is 0 Å². The first-order valence-corrected chi connectivity index (χ1v) is 11.4. The Kier molecular flexibility index (Phi) is 4.73. The van der Waals surface area contributed by atoms with Gasteiger partial charge in [-0.2, -0.15) is 0 Å². The summed E-state index contributed by atoms with van der Waals surface area (Å²) in [6.07, 6.45) is 8.41. The van der Waals surface area contributed by atoms with Gasteiger partial charge in [-0.25, -0.2) is 0 Å². The molecule has 1 unspecified atom stereocenters. The lowest BCUT2D eigenvalue weighted by Crippen LogP contribution is -1.80. The fourth-order valence-electron chi connectivity index (χ4n) is 4.34. The zero-order chi connectivity index (χ0) is 18.8. The van der Waals surface area contributed by atoms with Crippen LogP contribution in [0.4, 0.5) is 0 Å². The summed E-state index contributed by atoms with van der Waals surface area (Å²) < 4.78 is 0. The number of hydrogen-bond acceptors (Lipinski definition) is 0. The van der Waals surface area contributed by atoms with Crippen LogP contribution in [0.15, 0.2) is 91.0 Å². The lowest BCUT2D eigenvalue weighted by molar-refractivity contribution is 0.911. The highest BCUT2D eigenvalue weighted by Gasteiger charge is 2.26. The zero-order valence-electron chi connectivity index (χ0n) is 15.9. The third-order valence-corrected chi connectivity index (χ3v) is 8.26. The molecule has 0 bridgehead atoms. The number of rotatable bonds is 4. The molecule has 136 valence electrons. The Morgan fingerprint density at radius 1 is 0.607 bits per heavy atom. The summed E-state index contributed by atoms with van der Waals surface area (Å²) in [6, 6.07) is 32.8. The van der Waals surface area contributed by atoms with E-state index in [1.165, 1.54) is 35.7 Å². The second-order valence-electron chi connectivity index (χ2n) is 7.33. The van der Waals surface area contributed by atoms with Crippen LogP contribution in [-0.2, 0) is 12.8 Å². The maximum atomic E-state index is 2.41. The molecule has 0 N–H and O–H groups in total. The minimum absolute atomic E-state index is 0.500. The Bertz CT molecular complexity index is 1100. The van der Waals surface area contributed by atoms with Crippen molar-refractivity contribution >= 4 is 19.7 Å². The summed E-state index contributed by atoms with van der Waals surface area (Å²) in [4.78, 5) is 0. The molecule has 5 rings (SSSR count). The van der Waals surface area contributed by atoms with Crippen molar-refractivity contribution in [3.8, 4) is 16.2 Å². The van der Waals surface area contributed by atoms with Gasteiger partial charge in [0, 0.05) is 10.6 Å². The Labute approximate surface area is 168 Å². The van der Waals surface area contributed by atoms with Gasteiger partial charge in [0.25, 0.3) is 0 Å². The van der Waals surface area contributed by atoms with Crippen LogP contribution >= 0.6 is 7.53 Å². The second kappa shape index (κ2) is 7.66. The molecule has 0 amide bonds. The van der Waals surface area contributed by atoms with Gasteiger partial charge in [0.2, 0.25) is 0 Å². The molecule has 0 saturated carbocycles. The maximum Gasteiger partial charge on any atom is 0.00969 e. The summed E-state index contributed by atoms with van der Waals surface area (Å²) in [6.45, 7) is 0. The van der Waals surface area contributed by atoms with Crippen LogP contribution in [0.25, 0.3) is 28.3 Å². The van der Waals surface area contributed by atoms with Crippen LogP contribution in [0.1, 0.15) is 28.4 Å². The van der Waals surface area contributed by atoms with Gasteiger partial charge in [0.1, 0.15) is 0 Å². The van der Waals surface area contributed by atoms with E-state index in [9.17, 15) is 0 Å². The van der Waals surface area contributed by atoms with Gasteiger partial charge in [0.15, 0.2) is 0 Å². The highest BCUT2D eigenvalue weighted by atomic mass is 31.1. The lowest BCUT2D eigenvalue weighted by atomic mass is 10.1. The van der Waals surface area contributed by atoms with Gasteiger partial charge in [-0.3, -0.25) is 0 Å². The Hall–Kier alpha value is -2.82. The van der Waals surface area contributed by atoms with E-state index in [1.807, 2.05) is 0 Å². The van der Waals surface area contributed by atoms with Crippen LogP contribution in [0.5, 0.6) is 0 Å². The topological polar surface area (TPSA) is 0 Å². The summed E-state index contributed by atoms with van der Waals surface area (Å²) >= 11 is 0. The van der Waals surface area contributed by atoms with E-state index in [4.69, 9.17) is 0 Å². The Morgan fingerprint density at radius 2 is 1.21 bits per heavy atom. The molecule has 0 fully saturated rings. The molecule has 3 aromatic carbocycles. The van der Waals surface area contributed by atoms with Crippen molar-refractivity contribution in [3.63, 3.8) is 0 Å². The molecule has 1 aliphatic carbocycles. The van der Waals surface area contributed by atoms with Gasteiger partial charge in [-0.15, -0.1) is 0 Å². The molecule has 1 heterocycles. The molecule has 0 nitrogen and oxygen atoms in total. The van der Waals surface area contributed by atoms with E-state index in [2.05, 4.69) is 103 Å². The van der Waals surface area contributed by atoms with Crippen LogP contribution in [0, 0.1) is 0 Å². The minimum atomic E-state index is -0.500. The van der Waals surface area contributed by atoms with Gasteiger partial charge in [-0.05, 0) is 52.9 Å². The normalized spacial score (nSPS) is 13.8. The van der Waals surface area contributed by atoms with Crippen molar-refractivity contribution in [2.75, 3.05) is 0 Å². The number of fused-ring (bicyclic) bond motifs is 1. The standard InChI is InChI=1S/C27H23P/c1-4-11-21(12-5-1)19-20-26-24-17-10-18-25(24)27(22-13-6-2-7-14-22)28(26)23-15-8-3-9-16-23/h1-9,11-16,19-20H,10,17-18H2/b20-19+. The first-order valence-electron chi connectivity index (χ1n) is 10.0. The molecule has 28 heavy (non-hydrogen) atoms. The van der Waals surface area contributed by atoms with Gasteiger partial charge < -0.3 is 0 Å². The van der Waals surface area contributed by atoms with Gasteiger partial charge >= 0.3 is 0 Å². The van der Waals surface area contributed by atoms with Gasteiger partial charge in [0.05, 0.1) is 0 Å². The predicted molar refractivity (Wildman–Crippen MR) is 123 cm³/mol.